The first-order valence-corrected chi connectivity index (χ1v) is 21.4. The van der Waals surface area contributed by atoms with Crippen molar-refractivity contribution in [1.82, 2.24) is 14.5 Å². The molecule has 0 atom stereocenters. The number of hydrogen-bond donors (Lipinski definition) is 1. The topological polar surface area (TPSA) is 50.9 Å². The van der Waals surface area contributed by atoms with Crippen LogP contribution >= 0.6 is 0 Å². The third-order valence-corrected chi connectivity index (χ3v) is 11.9. The summed E-state index contributed by atoms with van der Waals surface area (Å²) in [6.07, 6.45) is 1.80. The number of aromatic nitrogens is 3. The van der Waals surface area contributed by atoms with Crippen molar-refractivity contribution in [3.05, 3.63) is 192 Å². The molecule has 0 unspecified atom stereocenters. The molecule has 62 heavy (non-hydrogen) atoms. The van der Waals surface area contributed by atoms with E-state index in [1.54, 1.807) is 18.3 Å². The molecule has 0 aliphatic carbocycles. The number of benzene rings is 7. The third kappa shape index (κ3) is 7.74. The molecule has 9 aromatic rings. The molecule has 2 aromatic heterocycles. The number of aryl methyl sites for hydroxylation is 1. The van der Waals surface area contributed by atoms with Crippen molar-refractivity contribution >= 4 is 11.0 Å². The fourth-order valence-corrected chi connectivity index (χ4v) is 8.43. The third-order valence-electron chi connectivity index (χ3n) is 11.9. The van der Waals surface area contributed by atoms with Crippen molar-refractivity contribution < 1.29 is 10.6 Å². The van der Waals surface area contributed by atoms with Crippen molar-refractivity contribution in [3.8, 4) is 78.6 Å². The summed E-state index contributed by atoms with van der Waals surface area (Å²) in [5, 5.41) is 12.3. The number of nitrogens with zero attached hydrogens (tertiary/aromatic N) is 3. The highest BCUT2D eigenvalue weighted by molar-refractivity contribution is 5.98. The van der Waals surface area contributed by atoms with Gasteiger partial charge in [-0.15, -0.1) is 0 Å². The van der Waals surface area contributed by atoms with Gasteiger partial charge < -0.3 is 5.11 Å². The number of rotatable bonds is 10. The molecule has 1 N–H and O–H groups in total. The van der Waals surface area contributed by atoms with Gasteiger partial charge in [0.15, 0.2) is 0 Å². The van der Waals surface area contributed by atoms with Crippen LogP contribution in [0, 0.1) is 6.85 Å². The molecule has 0 bridgehead atoms. The lowest BCUT2D eigenvalue weighted by Gasteiger charge is -2.20. The Morgan fingerprint density at radius 2 is 1.21 bits per heavy atom. The second-order valence-electron chi connectivity index (χ2n) is 17.0. The lowest BCUT2D eigenvalue weighted by molar-refractivity contribution is 0.466. The molecular formula is C58H53N3O. The van der Waals surface area contributed by atoms with Crippen LogP contribution in [0.25, 0.3) is 83.9 Å². The highest BCUT2D eigenvalue weighted by Gasteiger charge is 2.25. The fourth-order valence-electron chi connectivity index (χ4n) is 8.43. The second kappa shape index (κ2) is 16.8. The zero-order valence-electron chi connectivity index (χ0n) is 40.1. The van der Waals surface area contributed by atoms with E-state index in [0.29, 0.717) is 17.0 Å². The molecule has 0 aliphatic heterocycles. The maximum atomic E-state index is 12.3. The van der Waals surface area contributed by atoms with Gasteiger partial charge in [0.25, 0.3) is 0 Å². The lowest BCUT2D eigenvalue weighted by atomic mass is 9.91. The summed E-state index contributed by atoms with van der Waals surface area (Å²) in [4.78, 5) is 10.5. The molecule has 0 fully saturated rings. The van der Waals surface area contributed by atoms with E-state index in [9.17, 15) is 5.11 Å². The van der Waals surface area contributed by atoms with E-state index in [1.165, 1.54) is 0 Å². The van der Waals surface area contributed by atoms with Gasteiger partial charge in [0.1, 0.15) is 11.6 Å². The largest absolute Gasteiger partial charge is 0.507 e. The first-order chi connectivity index (χ1) is 31.5. The van der Waals surface area contributed by atoms with Gasteiger partial charge in [-0.2, -0.15) is 0 Å². The molecule has 0 saturated carbocycles. The Morgan fingerprint density at radius 1 is 0.532 bits per heavy atom. The summed E-state index contributed by atoms with van der Waals surface area (Å²) in [5.41, 5.74) is 15.7. The Bertz CT molecular complexity index is 3220. The van der Waals surface area contributed by atoms with Crippen LogP contribution < -0.4 is 0 Å². The van der Waals surface area contributed by atoms with E-state index in [4.69, 9.17) is 15.5 Å². The molecule has 4 nitrogen and oxygen atoms in total. The summed E-state index contributed by atoms with van der Waals surface area (Å²) in [6.45, 7) is 10.2. The molecule has 0 amide bonds. The number of aromatic hydroxyl groups is 1. The predicted molar refractivity (Wildman–Crippen MR) is 260 cm³/mol. The van der Waals surface area contributed by atoms with Gasteiger partial charge in [-0.1, -0.05) is 156 Å². The molecule has 7 aromatic carbocycles. The van der Waals surface area contributed by atoms with E-state index < -0.39 is 12.7 Å². The summed E-state index contributed by atoms with van der Waals surface area (Å²) in [6, 6.07) is 54.9. The molecule has 0 aliphatic rings. The SMILES string of the molecule is [2H]C([2H])([2H])c1ccc(-c2ccnc(-c3cc(-c4ccccc4)cc(-c4cccc5c4nc(-c4cc(C(C)C)cc(C(C)C)c4O)n5-c4ccc(C([2H])(C)C)cc4-c4ccccc4)c3)c2)cc1. The fraction of sp³-hybridized carbons (Fsp3) is 0.172. The van der Waals surface area contributed by atoms with E-state index in [2.05, 4.69) is 123 Å². The Balaban J connectivity index is 1.32. The molecule has 4 heteroatoms. The zero-order chi connectivity index (χ0) is 46.5. The number of pyridine rings is 1. The molecule has 9 rings (SSSR count). The molecule has 2 heterocycles. The van der Waals surface area contributed by atoms with Gasteiger partial charge in [0, 0.05) is 28.4 Å². The minimum absolute atomic E-state index is 0.0640. The van der Waals surface area contributed by atoms with Crippen molar-refractivity contribution in [2.75, 3.05) is 0 Å². The number of imidazole rings is 1. The van der Waals surface area contributed by atoms with Crippen molar-refractivity contribution in [1.29, 1.82) is 0 Å². The molecule has 0 radical (unpaired) electrons. The van der Waals surface area contributed by atoms with Gasteiger partial charge >= 0.3 is 0 Å². The molecule has 0 spiro atoms. The number of phenols is 1. The van der Waals surface area contributed by atoms with E-state index in [-0.39, 0.29) is 17.6 Å². The number of hydrogen-bond acceptors (Lipinski definition) is 3. The van der Waals surface area contributed by atoms with Crippen LogP contribution in [0.3, 0.4) is 0 Å². The number of para-hydroxylation sites is 1. The Kier molecular flexibility index (Phi) is 9.66. The van der Waals surface area contributed by atoms with Gasteiger partial charge in [0.2, 0.25) is 0 Å². The predicted octanol–water partition coefficient (Wildman–Crippen LogP) is 15.8. The van der Waals surface area contributed by atoms with Gasteiger partial charge in [-0.3, -0.25) is 9.55 Å². The van der Waals surface area contributed by atoms with Crippen molar-refractivity contribution in [3.63, 3.8) is 0 Å². The quantitative estimate of drug-likeness (QED) is 0.150. The van der Waals surface area contributed by atoms with Crippen LogP contribution in [0.4, 0.5) is 0 Å². The lowest BCUT2D eigenvalue weighted by Crippen LogP contribution is -2.04. The normalized spacial score (nSPS) is 13.0. The summed E-state index contributed by atoms with van der Waals surface area (Å²) in [5.74, 6) is 0.256. The van der Waals surface area contributed by atoms with E-state index >= 15 is 0 Å². The Hall–Kier alpha value is -7.04. The smallest absolute Gasteiger partial charge is 0.149 e. The van der Waals surface area contributed by atoms with Gasteiger partial charge in [-0.25, -0.2) is 4.98 Å². The summed E-state index contributed by atoms with van der Waals surface area (Å²) in [7, 11) is 0. The summed E-state index contributed by atoms with van der Waals surface area (Å²) >= 11 is 0. The molecule has 0 saturated heterocycles. The first kappa shape index (κ1) is 35.7. The Morgan fingerprint density at radius 3 is 1.90 bits per heavy atom. The van der Waals surface area contributed by atoms with Crippen LogP contribution in [0.2, 0.25) is 0 Å². The van der Waals surface area contributed by atoms with Crippen LogP contribution in [-0.4, -0.2) is 19.6 Å². The Labute approximate surface area is 371 Å². The van der Waals surface area contributed by atoms with Crippen LogP contribution in [0.1, 0.15) is 87.0 Å². The second-order valence-corrected chi connectivity index (χ2v) is 17.0. The monoisotopic (exact) mass is 811 g/mol. The van der Waals surface area contributed by atoms with Crippen LogP contribution in [0.5, 0.6) is 5.75 Å². The van der Waals surface area contributed by atoms with Crippen molar-refractivity contribution in [2.45, 2.75) is 66.1 Å². The highest BCUT2D eigenvalue weighted by Crippen LogP contribution is 2.44. The van der Waals surface area contributed by atoms with E-state index in [1.807, 2.05) is 74.5 Å². The molecule has 306 valence electrons. The van der Waals surface area contributed by atoms with Gasteiger partial charge in [-0.05, 0) is 129 Å². The van der Waals surface area contributed by atoms with E-state index in [0.717, 1.165) is 89.2 Å². The van der Waals surface area contributed by atoms with Gasteiger partial charge in [0.05, 0.1) is 28.0 Å². The molecular weight excluding hydrogens is 755 g/mol. The average Bonchev–Trinajstić information content (AvgIpc) is 3.70. The maximum Gasteiger partial charge on any atom is 0.149 e. The minimum Gasteiger partial charge on any atom is -0.507 e. The average molecular weight is 812 g/mol. The standard InChI is InChI=1S/C58H53N3O/c1-36(2)43-25-26-54(51(32-43)42-17-12-9-13-18-42)61-55-20-14-19-49(56(55)60-58(61)52-34-45(37(3)4)33-50(38(5)6)57(52)62)47-29-46(40-15-10-8-11-16-40)30-48(31-47)53-35-44(27-28-59-53)41-23-21-39(7)22-24-41/h8-38,62H,1-7H3/i7D3,36D. The first-order valence-electron chi connectivity index (χ1n) is 23.4. The summed E-state index contributed by atoms with van der Waals surface area (Å²) < 4.78 is 34.8. The van der Waals surface area contributed by atoms with Crippen molar-refractivity contribution in [2.24, 2.45) is 0 Å². The highest BCUT2D eigenvalue weighted by atomic mass is 16.3. The number of phenolic OH excluding ortho intramolecular Hbond substituents is 1. The number of fused-ring (bicyclic) bond motifs is 1. The maximum absolute atomic E-state index is 12.3. The zero-order valence-corrected chi connectivity index (χ0v) is 36.1. The minimum atomic E-state index is -2.18. The van der Waals surface area contributed by atoms with Crippen LogP contribution in [-0.2, 0) is 0 Å². The van der Waals surface area contributed by atoms with Crippen LogP contribution in [0.15, 0.2) is 170 Å².